The van der Waals surface area contributed by atoms with E-state index in [9.17, 15) is 13.2 Å². The van der Waals surface area contributed by atoms with E-state index in [-0.39, 0.29) is 12.1 Å². The molecule has 2 amide bonds. The highest BCUT2D eigenvalue weighted by atomic mass is 32.2. The van der Waals surface area contributed by atoms with Gasteiger partial charge in [0.15, 0.2) is 0 Å². The molecule has 25 heavy (non-hydrogen) atoms. The minimum absolute atomic E-state index is 0.0590. The summed E-state index contributed by atoms with van der Waals surface area (Å²) >= 11 is 0. The first-order chi connectivity index (χ1) is 12.0. The maximum atomic E-state index is 12.6. The lowest BCUT2D eigenvalue weighted by Crippen LogP contribution is -2.54. The number of benzene rings is 1. The normalized spacial score (nSPS) is 25.6. The molecule has 138 valence electrons. The Bertz CT molecular complexity index is 677. The van der Waals surface area contributed by atoms with Gasteiger partial charge < -0.3 is 10.2 Å². The van der Waals surface area contributed by atoms with Gasteiger partial charge in [-0.05, 0) is 43.7 Å². The van der Waals surface area contributed by atoms with E-state index in [4.69, 9.17) is 0 Å². The molecule has 1 aliphatic heterocycles. The van der Waals surface area contributed by atoms with Gasteiger partial charge in [0.05, 0.1) is 4.90 Å². The van der Waals surface area contributed by atoms with Gasteiger partial charge in [-0.2, -0.15) is 4.31 Å². The third-order valence-corrected chi connectivity index (χ3v) is 7.16. The Morgan fingerprint density at radius 3 is 2.20 bits per heavy atom. The average molecular weight is 365 g/mol. The topological polar surface area (TPSA) is 69.7 Å². The third kappa shape index (κ3) is 4.33. The molecule has 1 saturated carbocycles. The number of urea groups is 1. The first-order valence-corrected chi connectivity index (χ1v) is 10.5. The zero-order chi connectivity index (χ0) is 17.9. The molecule has 0 aromatic heterocycles. The van der Waals surface area contributed by atoms with E-state index in [1.54, 1.807) is 35.2 Å². The predicted molar refractivity (Wildman–Crippen MR) is 96.7 cm³/mol. The Hall–Kier alpha value is -1.60. The number of piperazine rings is 1. The molecular weight excluding hydrogens is 338 g/mol. The number of carbonyl (C=O) groups excluding carboxylic acids is 1. The maximum Gasteiger partial charge on any atom is 0.317 e. The van der Waals surface area contributed by atoms with E-state index in [2.05, 4.69) is 12.2 Å². The van der Waals surface area contributed by atoms with Crippen LogP contribution in [0.3, 0.4) is 0 Å². The third-order valence-electron chi connectivity index (χ3n) is 5.25. The molecule has 7 heteroatoms. The van der Waals surface area contributed by atoms with Crippen molar-refractivity contribution in [2.24, 2.45) is 5.92 Å². The van der Waals surface area contributed by atoms with E-state index < -0.39 is 10.0 Å². The molecule has 1 aromatic carbocycles. The highest BCUT2D eigenvalue weighted by Gasteiger charge is 2.30. The molecule has 0 unspecified atom stereocenters. The fourth-order valence-electron chi connectivity index (χ4n) is 3.54. The smallest absolute Gasteiger partial charge is 0.317 e. The Kier molecular flexibility index (Phi) is 5.64. The molecule has 0 bridgehead atoms. The summed E-state index contributed by atoms with van der Waals surface area (Å²) in [7, 11) is -3.47. The van der Waals surface area contributed by atoms with Gasteiger partial charge >= 0.3 is 6.03 Å². The number of amides is 2. The molecule has 0 radical (unpaired) electrons. The molecular formula is C18H27N3O3S. The van der Waals surface area contributed by atoms with Crippen LogP contribution in [0, 0.1) is 5.92 Å². The van der Waals surface area contributed by atoms with Gasteiger partial charge in [-0.3, -0.25) is 0 Å². The molecule has 2 aliphatic rings. The summed E-state index contributed by atoms with van der Waals surface area (Å²) in [4.78, 5) is 14.5. The van der Waals surface area contributed by atoms with Crippen molar-refractivity contribution in [1.29, 1.82) is 0 Å². The molecule has 3 rings (SSSR count). The van der Waals surface area contributed by atoms with Crippen molar-refractivity contribution in [2.45, 2.75) is 43.5 Å². The Labute approximate surface area is 150 Å². The number of hydrogen-bond donors (Lipinski definition) is 1. The lowest BCUT2D eigenvalue weighted by Gasteiger charge is -2.35. The molecule has 1 aliphatic carbocycles. The van der Waals surface area contributed by atoms with Crippen LogP contribution in [0.2, 0.25) is 0 Å². The maximum absolute atomic E-state index is 12.6. The molecule has 1 aromatic rings. The van der Waals surface area contributed by atoms with E-state index in [0.717, 1.165) is 31.6 Å². The fraction of sp³-hybridized carbons (Fsp3) is 0.611. The van der Waals surface area contributed by atoms with Crippen LogP contribution in [0.5, 0.6) is 0 Å². The second kappa shape index (κ2) is 7.74. The van der Waals surface area contributed by atoms with Crippen LogP contribution >= 0.6 is 0 Å². The largest absolute Gasteiger partial charge is 0.335 e. The van der Waals surface area contributed by atoms with Crippen molar-refractivity contribution < 1.29 is 13.2 Å². The van der Waals surface area contributed by atoms with Crippen LogP contribution < -0.4 is 5.32 Å². The summed E-state index contributed by atoms with van der Waals surface area (Å²) in [6, 6.07) is 8.67. The van der Waals surface area contributed by atoms with Crippen molar-refractivity contribution in [3.05, 3.63) is 30.3 Å². The van der Waals surface area contributed by atoms with Crippen molar-refractivity contribution >= 4 is 16.1 Å². The van der Waals surface area contributed by atoms with Crippen LogP contribution in [0.1, 0.15) is 32.6 Å². The quantitative estimate of drug-likeness (QED) is 0.893. The molecule has 1 N–H and O–H groups in total. The van der Waals surface area contributed by atoms with Crippen LogP contribution in [-0.2, 0) is 10.0 Å². The lowest BCUT2D eigenvalue weighted by atomic mass is 9.87. The van der Waals surface area contributed by atoms with Crippen LogP contribution in [-0.4, -0.2) is 55.9 Å². The molecule has 0 spiro atoms. The van der Waals surface area contributed by atoms with Gasteiger partial charge in [-0.25, -0.2) is 13.2 Å². The first-order valence-electron chi connectivity index (χ1n) is 9.07. The van der Waals surface area contributed by atoms with Crippen molar-refractivity contribution in [3.8, 4) is 0 Å². The van der Waals surface area contributed by atoms with Crippen LogP contribution in [0.15, 0.2) is 35.2 Å². The van der Waals surface area contributed by atoms with Crippen LogP contribution in [0.4, 0.5) is 4.79 Å². The number of carbonyl (C=O) groups is 1. The summed E-state index contributed by atoms with van der Waals surface area (Å²) in [6.45, 7) is 3.80. The zero-order valence-electron chi connectivity index (χ0n) is 14.7. The second-order valence-corrected chi connectivity index (χ2v) is 9.05. The van der Waals surface area contributed by atoms with Crippen molar-refractivity contribution in [1.82, 2.24) is 14.5 Å². The highest BCUT2D eigenvalue weighted by molar-refractivity contribution is 7.89. The van der Waals surface area contributed by atoms with E-state index in [1.807, 2.05) is 0 Å². The number of nitrogens with zero attached hydrogens (tertiary/aromatic N) is 2. The van der Waals surface area contributed by atoms with E-state index >= 15 is 0 Å². The van der Waals surface area contributed by atoms with E-state index in [1.165, 1.54) is 4.31 Å². The Balaban J connectivity index is 1.52. The number of hydrogen-bond acceptors (Lipinski definition) is 3. The fourth-order valence-corrected chi connectivity index (χ4v) is 4.99. The van der Waals surface area contributed by atoms with Crippen LogP contribution in [0.25, 0.3) is 0 Å². The molecule has 2 fully saturated rings. The minimum Gasteiger partial charge on any atom is -0.335 e. The molecule has 1 heterocycles. The SMILES string of the molecule is CC1CCC(NC(=O)N2CCN(S(=O)(=O)c3ccccc3)CC2)CC1. The summed E-state index contributed by atoms with van der Waals surface area (Å²) in [5.41, 5.74) is 0. The monoisotopic (exact) mass is 365 g/mol. The van der Waals surface area contributed by atoms with Gasteiger partial charge in [0.25, 0.3) is 0 Å². The zero-order valence-corrected chi connectivity index (χ0v) is 15.5. The van der Waals surface area contributed by atoms with Crippen molar-refractivity contribution in [2.75, 3.05) is 26.2 Å². The summed E-state index contributed by atoms with van der Waals surface area (Å²) < 4.78 is 26.7. The molecule has 0 atom stereocenters. The summed E-state index contributed by atoms with van der Waals surface area (Å²) in [5, 5.41) is 3.11. The van der Waals surface area contributed by atoms with Gasteiger partial charge in [0.2, 0.25) is 10.0 Å². The summed E-state index contributed by atoms with van der Waals surface area (Å²) in [5.74, 6) is 0.750. The second-order valence-electron chi connectivity index (χ2n) is 7.11. The molecule has 1 saturated heterocycles. The van der Waals surface area contributed by atoms with Gasteiger partial charge in [0, 0.05) is 32.2 Å². The minimum atomic E-state index is -3.47. The number of nitrogens with one attached hydrogen (secondary N) is 1. The Morgan fingerprint density at radius 1 is 1.00 bits per heavy atom. The van der Waals surface area contributed by atoms with Gasteiger partial charge in [-0.1, -0.05) is 25.1 Å². The van der Waals surface area contributed by atoms with E-state index in [0.29, 0.717) is 31.1 Å². The standard InChI is InChI=1S/C18H27N3O3S/c1-15-7-9-16(10-8-15)19-18(22)20-11-13-21(14-12-20)25(23,24)17-5-3-2-4-6-17/h2-6,15-16H,7-14H2,1H3,(H,19,22). The molecule has 6 nitrogen and oxygen atoms in total. The summed E-state index contributed by atoms with van der Waals surface area (Å²) in [6.07, 6.45) is 4.40. The highest BCUT2D eigenvalue weighted by Crippen LogP contribution is 2.23. The first kappa shape index (κ1) is 18.2. The number of rotatable bonds is 3. The number of sulfonamides is 1. The average Bonchev–Trinajstić information content (AvgIpc) is 2.64. The predicted octanol–water partition coefficient (Wildman–Crippen LogP) is 2.28. The lowest BCUT2D eigenvalue weighted by molar-refractivity contribution is 0.164. The van der Waals surface area contributed by atoms with Gasteiger partial charge in [0.1, 0.15) is 0 Å². The van der Waals surface area contributed by atoms with Crippen molar-refractivity contribution in [3.63, 3.8) is 0 Å². The Morgan fingerprint density at radius 2 is 1.60 bits per heavy atom. The van der Waals surface area contributed by atoms with Gasteiger partial charge in [-0.15, -0.1) is 0 Å².